The van der Waals surface area contributed by atoms with Crippen molar-refractivity contribution in [2.45, 2.75) is 26.3 Å². The van der Waals surface area contributed by atoms with Crippen LogP contribution in [0.5, 0.6) is 0 Å². The molecule has 3 heterocycles. The van der Waals surface area contributed by atoms with Crippen LogP contribution in [0.2, 0.25) is 0 Å². The maximum atomic E-state index is 5.92. The van der Waals surface area contributed by atoms with Gasteiger partial charge < -0.3 is 9.47 Å². The van der Waals surface area contributed by atoms with Gasteiger partial charge in [-0.1, -0.05) is 6.92 Å². The number of pyridine rings is 1. The molecule has 1 aliphatic rings. The van der Waals surface area contributed by atoms with Crippen LogP contribution in [0.25, 0.3) is 11.0 Å². The van der Waals surface area contributed by atoms with Crippen LogP contribution in [0.4, 0.5) is 0 Å². The molecule has 2 aromatic heterocycles. The van der Waals surface area contributed by atoms with Crippen molar-refractivity contribution in [3.05, 3.63) is 24.3 Å². The number of hydrogen-bond donors (Lipinski definition) is 0. The van der Waals surface area contributed by atoms with E-state index in [1.165, 1.54) is 25.0 Å². The normalized spacial score (nSPS) is 20.0. The van der Waals surface area contributed by atoms with E-state index in [1.54, 1.807) is 0 Å². The maximum Gasteiger partial charge on any atom is 0.111 e. The molecular formula is C15H21ClN4. The van der Waals surface area contributed by atoms with E-state index in [9.17, 15) is 0 Å². The van der Waals surface area contributed by atoms with Crippen LogP contribution in [-0.2, 0) is 13.0 Å². The Bertz CT molecular complexity index is 580. The molecule has 1 fully saturated rings. The Hall–Kier alpha value is -1.13. The summed E-state index contributed by atoms with van der Waals surface area (Å²) in [6.45, 7) is 6.85. The first-order valence-corrected chi connectivity index (χ1v) is 7.92. The van der Waals surface area contributed by atoms with E-state index in [0.29, 0.717) is 5.88 Å². The van der Waals surface area contributed by atoms with Crippen molar-refractivity contribution in [2.24, 2.45) is 5.92 Å². The number of aromatic nitrogens is 3. The van der Waals surface area contributed by atoms with E-state index in [2.05, 4.69) is 32.4 Å². The first-order chi connectivity index (χ1) is 9.81. The second kappa shape index (κ2) is 6.10. The third-order valence-corrected chi connectivity index (χ3v) is 4.39. The summed E-state index contributed by atoms with van der Waals surface area (Å²) < 4.78 is 2.35. The lowest BCUT2D eigenvalue weighted by atomic mass is 10.1. The summed E-state index contributed by atoms with van der Waals surface area (Å²) in [5.41, 5.74) is 2.17. The summed E-state index contributed by atoms with van der Waals surface area (Å²) in [6.07, 6.45) is 5.79. The molecule has 0 bridgehead atoms. The van der Waals surface area contributed by atoms with E-state index in [1.807, 2.05) is 12.4 Å². The van der Waals surface area contributed by atoms with Crippen molar-refractivity contribution >= 4 is 22.6 Å². The van der Waals surface area contributed by atoms with E-state index in [4.69, 9.17) is 11.6 Å². The van der Waals surface area contributed by atoms with Crippen LogP contribution in [0.1, 0.15) is 19.2 Å². The smallest absolute Gasteiger partial charge is 0.111 e. The number of fused-ring (bicyclic) bond motifs is 1. The van der Waals surface area contributed by atoms with E-state index in [-0.39, 0.29) is 0 Å². The van der Waals surface area contributed by atoms with E-state index < -0.39 is 0 Å². The maximum absolute atomic E-state index is 5.92. The van der Waals surface area contributed by atoms with E-state index in [0.717, 1.165) is 36.8 Å². The van der Waals surface area contributed by atoms with E-state index >= 15 is 0 Å². The molecule has 4 nitrogen and oxygen atoms in total. The summed E-state index contributed by atoms with van der Waals surface area (Å²) in [5.74, 6) is 2.43. The zero-order valence-electron chi connectivity index (χ0n) is 11.9. The zero-order chi connectivity index (χ0) is 13.9. The molecule has 0 aromatic carbocycles. The highest BCUT2D eigenvalue weighted by molar-refractivity contribution is 6.17. The fourth-order valence-corrected chi connectivity index (χ4v) is 3.29. The van der Waals surface area contributed by atoms with Crippen LogP contribution in [0.3, 0.4) is 0 Å². The van der Waals surface area contributed by atoms with Gasteiger partial charge in [-0.05, 0) is 31.5 Å². The first kappa shape index (κ1) is 13.8. The van der Waals surface area contributed by atoms with Gasteiger partial charge in [-0.2, -0.15) is 0 Å². The Morgan fingerprint density at radius 1 is 1.45 bits per heavy atom. The standard InChI is InChI=1S/C15H21ClN4/c1-2-19-8-5-12(10-19)11-20-14-4-7-17-9-13(14)18-15(20)3-6-16/h4,7,9,12H,2-3,5-6,8,10-11H2,1H3. The molecule has 108 valence electrons. The molecule has 1 unspecified atom stereocenters. The average Bonchev–Trinajstić information content (AvgIpc) is 3.05. The molecule has 0 radical (unpaired) electrons. The summed E-state index contributed by atoms with van der Waals surface area (Å²) >= 11 is 5.92. The molecule has 3 rings (SSSR count). The van der Waals surface area contributed by atoms with Gasteiger partial charge in [-0.25, -0.2) is 4.98 Å². The number of hydrogen-bond acceptors (Lipinski definition) is 3. The van der Waals surface area contributed by atoms with Crippen LogP contribution in [0, 0.1) is 5.92 Å². The average molecular weight is 293 g/mol. The summed E-state index contributed by atoms with van der Waals surface area (Å²) in [4.78, 5) is 11.4. The van der Waals surface area contributed by atoms with Crippen LogP contribution < -0.4 is 0 Å². The highest BCUT2D eigenvalue weighted by Crippen LogP contribution is 2.22. The molecule has 0 saturated carbocycles. The third-order valence-electron chi connectivity index (χ3n) is 4.21. The quantitative estimate of drug-likeness (QED) is 0.794. The number of halogens is 1. The number of nitrogens with zero attached hydrogens (tertiary/aromatic N) is 4. The third kappa shape index (κ3) is 2.67. The number of aryl methyl sites for hydroxylation is 1. The summed E-state index contributed by atoms with van der Waals surface area (Å²) in [5, 5.41) is 0. The Kier molecular flexibility index (Phi) is 4.22. The number of imidazole rings is 1. The van der Waals surface area contributed by atoms with Crippen LogP contribution >= 0.6 is 11.6 Å². The molecule has 0 amide bonds. The lowest BCUT2D eigenvalue weighted by Crippen LogP contribution is -2.21. The fourth-order valence-electron chi connectivity index (χ4n) is 3.12. The van der Waals surface area contributed by atoms with Gasteiger partial charge in [-0.3, -0.25) is 4.98 Å². The molecule has 1 aliphatic heterocycles. The Labute approximate surface area is 124 Å². The van der Waals surface area contributed by atoms with Crippen molar-refractivity contribution in [3.63, 3.8) is 0 Å². The predicted octanol–water partition coefficient (Wildman–Crippen LogP) is 2.55. The minimum absolute atomic E-state index is 0.614. The van der Waals surface area contributed by atoms with Crippen LogP contribution in [0.15, 0.2) is 18.5 Å². The second-order valence-electron chi connectivity index (χ2n) is 5.49. The van der Waals surface area contributed by atoms with Crippen molar-refractivity contribution in [3.8, 4) is 0 Å². The van der Waals surface area contributed by atoms with Gasteiger partial charge in [0.15, 0.2) is 0 Å². The van der Waals surface area contributed by atoms with Crippen molar-refractivity contribution in [2.75, 3.05) is 25.5 Å². The highest BCUT2D eigenvalue weighted by atomic mass is 35.5. The molecule has 2 aromatic rings. The monoisotopic (exact) mass is 292 g/mol. The minimum Gasteiger partial charge on any atom is -0.328 e. The molecule has 0 aliphatic carbocycles. The molecule has 1 atom stereocenters. The lowest BCUT2D eigenvalue weighted by molar-refractivity contribution is 0.332. The van der Waals surface area contributed by atoms with Crippen LogP contribution in [-0.4, -0.2) is 44.9 Å². The van der Waals surface area contributed by atoms with Gasteiger partial charge in [0.1, 0.15) is 11.3 Å². The topological polar surface area (TPSA) is 34.0 Å². The zero-order valence-corrected chi connectivity index (χ0v) is 12.7. The van der Waals surface area contributed by atoms with Crippen molar-refractivity contribution in [1.82, 2.24) is 19.4 Å². The number of likely N-dealkylation sites (tertiary alicyclic amines) is 1. The molecule has 20 heavy (non-hydrogen) atoms. The van der Waals surface area contributed by atoms with Gasteiger partial charge in [0, 0.05) is 31.6 Å². The number of alkyl halides is 1. The molecule has 0 N–H and O–H groups in total. The molecular weight excluding hydrogens is 272 g/mol. The van der Waals surface area contributed by atoms with Gasteiger partial charge in [0.2, 0.25) is 0 Å². The highest BCUT2D eigenvalue weighted by Gasteiger charge is 2.23. The molecule has 0 spiro atoms. The lowest BCUT2D eigenvalue weighted by Gasteiger charge is -2.15. The van der Waals surface area contributed by atoms with Gasteiger partial charge in [0.25, 0.3) is 0 Å². The Morgan fingerprint density at radius 3 is 3.10 bits per heavy atom. The summed E-state index contributed by atoms with van der Waals surface area (Å²) in [6, 6.07) is 2.06. The fraction of sp³-hybridized carbons (Fsp3) is 0.600. The largest absolute Gasteiger partial charge is 0.328 e. The minimum atomic E-state index is 0.614. The van der Waals surface area contributed by atoms with Crippen molar-refractivity contribution < 1.29 is 0 Å². The second-order valence-corrected chi connectivity index (χ2v) is 5.87. The Morgan fingerprint density at radius 2 is 2.35 bits per heavy atom. The SMILES string of the molecule is CCN1CCC(Cn2c(CCCl)nc3cnccc32)C1. The molecule has 1 saturated heterocycles. The van der Waals surface area contributed by atoms with Crippen molar-refractivity contribution in [1.29, 1.82) is 0 Å². The first-order valence-electron chi connectivity index (χ1n) is 7.39. The van der Waals surface area contributed by atoms with Gasteiger partial charge >= 0.3 is 0 Å². The number of rotatable bonds is 5. The van der Waals surface area contributed by atoms with Gasteiger partial charge in [-0.15, -0.1) is 11.6 Å². The van der Waals surface area contributed by atoms with Gasteiger partial charge in [0.05, 0.1) is 11.7 Å². The molecule has 5 heteroatoms. The predicted molar refractivity (Wildman–Crippen MR) is 82.2 cm³/mol. The Balaban J connectivity index is 1.87. The summed E-state index contributed by atoms with van der Waals surface area (Å²) in [7, 11) is 0.